The lowest BCUT2D eigenvalue weighted by Crippen LogP contribution is -2.25. The third kappa shape index (κ3) is 3.45. The molecular formula is C17H23N3O. The standard InChI is InChI=1S/C17H23N3O/c1-17(2)11-13-5-3-6-14(16(13)21-17)12-18-8-4-7-15-19-9-10-20-15/h3,5-6,9-10,18H,4,7-8,11-12H2,1-2H3,(H,19,20). The number of aromatic amines is 1. The second-order valence-electron chi connectivity index (χ2n) is 6.26. The van der Waals surface area contributed by atoms with E-state index in [-0.39, 0.29) is 5.60 Å². The van der Waals surface area contributed by atoms with E-state index in [1.807, 2.05) is 6.20 Å². The summed E-state index contributed by atoms with van der Waals surface area (Å²) in [5.41, 5.74) is 2.52. The molecule has 0 aliphatic carbocycles. The van der Waals surface area contributed by atoms with Crippen molar-refractivity contribution in [2.45, 2.75) is 45.3 Å². The van der Waals surface area contributed by atoms with Gasteiger partial charge in [0.15, 0.2) is 0 Å². The van der Waals surface area contributed by atoms with Gasteiger partial charge in [-0.15, -0.1) is 0 Å². The number of rotatable bonds is 6. The van der Waals surface area contributed by atoms with E-state index in [4.69, 9.17) is 4.74 Å². The summed E-state index contributed by atoms with van der Waals surface area (Å²) in [6.45, 7) is 6.13. The maximum atomic E-state index is 6.09. The number of nitrogens with one attached hydrogen (secondary N) is 2. The van der Waals surface area contributed by atoms with E-state index in [1.54, 1.807) is 6.20 Å². The first-order chi connectivity index (χ1) is 10.1. The molecule has 112 valence electrons. The zero-order valence-electron chi connectivity index (χ0n) is 12.8. The molecule has 0 unspecified atom stereocenters. The first-order valence-corrected chi connectivity index (χ1v) is 7.63. The van der Waals surface area contributed by atoms with Crippen molar-refractivity contribution in [1.82, 2.24) is 15.3 Å². The average Bonchev–Trinajstić information content (AvgIpc) is 3.04. The van der Waals surface area contributed by atoms with E-state index in [0.717, 1.165) is 43.9 Å². The van der Waals surface area contributed by atoms with Crippen molar-refractivity contribution in [1.29, 1.82) is 0 Å². The Morgan fingerprint density at radius 3 is 3.10 bits per heavy atom. The van der Waals surface area contributed by atoms with Crippen LogP contribution in [0.5, 0.6) is 5.75 Å². The van der Waals surface area contributed by atoms with Crippen LogP contribution in [0.4, 0.5) is 0 Å². The number of imidazole rings is 1. The number of nitrogens with zero attached hydrogens (tertiary/aromatic N) is 1. The minimum atomic E-state index is -0.0717. The minimum Gasteiger partial charge on any atom is -0.487 e. The fourth-order valence-electron chi connectivity index (χ4n) is 2.86. The van der Waals surface area contributed by atoms with Crippen molar-refractivity contribution in [3.63, 3.8) is 0 Å². The van der Waals surface area contributed by atoms with Gasteiger partial charge in [0.1, 0.15) is 17.2 Å². The van der Waals surface area contributed by atoms with E-state index in [2.05, 4.69) is 47.3 Å². The number of H-pyrrole nitrogens is 1. The molecule has 1 aromatic carbocycles. The number of fused-ring (bicyclic) bond motifs is 1. The van der Waals surface area contributed by atoms with Gasteiger partial charge in [-0.05, 0) is 32.4 Å². The first kappa shape index (κ1) is 14.1. The van der Waals surface area contributed by atoms with Crippen LogP contribution in [0.15, 0.2) is 30.6 Å². The molecule has 0 radical (unpaired) electrons. The summed E-state index contributed by atoms with van der Waals surface area (Å²) < 4.78 is 6.09. The summed E-state index contributed by atoms with van der Waals surface area (Å²) in [6.07, 6.45) is 6.73. The second-order valence-corrected chi connectivity index (χ2v) is 6.26. The lowest BCUT2D eigenvalue weighted by Gasteiger charge is -2.18. The molecule has 2 aromatic rings. The number of ether oxygens (including phenoxy) is 1. The smallest absolute Gasteiger partial charge is 0.127 e. The van der Waals surface area contributed by atoms with Gasteiger partial charge in [-0.1, -0.05) is 18.2 Å². The molecule has 2 N–H and O–H groups in total. The number of aryl methyl sites for hydroxylation is 1. The van der Waals surface area contributed by atoms with Crippen molar-refractivity contribution in [2.75, 3.05) is 6.54 Å². The SMILES string of the molecule is CC1(C)Cc2cccc(CNCCCc3ncc[nH]3)c2O1. The van der Waals surface area contributed by atoms with Crippen LogP contribution >= 0.6 is 0 Å². The van der Waals surface area contributed by atoms with Gasteiger partial charge in [0.25, 0.3) is 0 Å². The highest BCUT2D eigenvalue weighted by molar-refractivity contribution is 5.45. The first-order valence-electron chi connectivity index (χ1n) is 7.63. The lowest BCUT2D eigenvalue weighted by atomic mass is 10.0. The normalized spacial score (nSPS) is 15.7. The van der Waals surface area contributed by atoms with Gasteiger partial charge in [-0.3, -0.25) is 0 Å². The highest BCUT2D eigenvalue weighted by Gasteiger charge is 2.31. The predicted molar refractivity (Wildman–Crippen MR) is 83.5 cm³/mol. The molecule has 0 saturated heterocycles. The lowest BCUT2D eigenvalue weighted by molar-refractivity contribution is 0.137. The Hall–Kier alpha value is -1.81. The number of aromatic nitrogens is 2. The summed E-state index contributed by atoms with van der Waals surface area (Å²) in [4.78, 5) is 7.36. The van der Waals surface area contributed by atoms with Gasteiger partial charge < -0.3 is 15.0 Å². The van der Waals surface area contributed by atoms with E-state index < -0.39 is 0 Å². The fourth-order valence-corrected chi connectivity index (χ4v) is 2.86. The van der Waals surface area contributed by atoms with Gasteiger partial charge >= 0.3 is 0 Å². The molecule has 0 bridgehead atoms. The molecular weight excluding hydrogens is 262 g/mol. The molecule has 21 heavy (non-hydrogen) atoms. The Morgan fingerprint density at radius 2 is 2.29 bits per heavy atom. The number of hydrogen-bond donors (Lipinski definition) is 2. The summed E-state index contributed by atoms with van der Waals surface area (Å²) >= 11 is 0. The van der Waals surface area contributed by atoms with Crippen molar-refractivity contribution < 1.29 is 4.74 Å². The van der Waals surface area contributed by atoms with Gasteiger partial charge in [0.2, 0.25) is 0 Å². The Morgan fingerprint density at radius 1 is 1.38 bits per heavy atom. The Balaban J connectivity index is 1.49. The zero-order chi connectivity index (χ0) is 14.7. The quantitative estimate of drug-likeness (QED) is 0.802. The van der Waals surface area contributed by atoms with E-state index in [0.29, 0.717) is 0 Å². The van der Waals surface area contributed by atoms with Gasteiger partial charge in [0, 0.05) is 37.3 Å². The molecule has 4 nitrogen and oxygen atoms in total. The van der Waals surface area contributed by atoms with E-state index >= 15 is 0 Å². The fraction of sp³-hybridized carbons (Fsp3) is 0.471. The van der Waals surface area contributed by atoms with Crippen molar-refractivity contribution >= 4 is 0 Å². The van der Waals surface area contributed by atoms with Crippen LogP contribution in [0.2, 0.25) is 0 Å². The molecule has 0 saturated carbocycles. The highest BCUT2D eigenvalue weighted by Crippen LogP contribution is 2.37. The molecule has 0 atom stereocenters. The average molecular weight is 285 g/mol. The molecule has 0 fully saturated rings. The number of hydrogen-bond acceptors (Lipinski definition) is 3. The third-order valence-electron chi connectivity index (χ3n) is 3.81. The third-order valence-corrected chi connectivity index (χ3v) is 3.81. The predicted octanol–water partition coefficient (Wildman–Crippen LogP) is 2.85. The molecule has 1 aromatic heterocycles. The topological polar surface area (TPSA) is 49.9 Å². The molecule has 1 aliphatic rings. The van der Waals surface area contributed by atoms with Crippen LogP contribution in [0.1, 0.15) is 37.2 Å². The number of benzene rings is 1. The maximum absolute atomic E-state index is 6.09. The van der Waals surface area contributed by atoms with Gasteiger partial charge in [0.05, 0.1) is 0 Å². The molecule has 2 heterocycles. The van der Waals surface area contributed by atoms with Crippen molar-refractivity contribution in [3.05, 3.63) is 47.5 Å². The van der Waals surface area contributed by atoms with Crippen LogP contribution < -0.4 is 10.1 Å². The van der Waals surface area contributed by atoms with E-state index in [9.17, 15) is 0 Å². The summed E-state index contributed by atoms with van der Waals surface area (Å²) in [6, 6.07) is 6.45. The Labute approximate surface area is 125 Å². The minimum absolute atomic E-state index is 0.0717. The molecule has 0 amide bonds. The van der Waals surface area contributed by atoms with Crippen molar-refractivity contribution in [2.24, 2.45) is 0 Å². The van der Waals surface area contributed by atoms with Crippen LogP contribution in [0, 0.1) is 0 Å². The molecule has 3 rings (SSSR count). The van der Waals surface area contributed by atoms with Gasteiger partial charge in [-0.2, -0.15) is 0 Å². The maximum Gasteiger partial charge on any atom is 0.127 e. The van der Waals surface area contributed by atoms with Crippen LogP contribution in [-0.4, -0.2) is 22.1 Å². The summed E-state index contributed by atoms with van der Waals surface area (Å²) in [5, 5.41) is 3.50. The van der Waals surface area contributed by atoms with E-state index in [1.165, 1.54) is 11.1 Å². The largest absolute Gasteiger partial charge is 0.487 e. The monoisotopic (exact) mass is 285 g/mol. The van der Waals surface area contributed by atoms with Crippen LogP contribution in [0.3, 0.4) is 0 Å². The summed E-state index contributed by atoms with van der Waals surface area (Å²) in [5.74, 6) is 2.14. The highest BCUT2D eigenvalue weighted by atomic mass is 16.5. The van der Waals surface area contributed by atoms with Crippen molar-refractivity contribution in [3.8, 4) is 5.75 Å². The summed E-state index contributed by atoms with van der Waals surface area (Å²) in [7, 11) is 0. The zero-order valence-corrected chi connectivity index (χ0v) is 12.8. The second kappa shape index (κ2) is 5.90. The Kier molecular flexibility index (Phi) is 3.97. The van der Waals surface area contributed by atoms with Crippen LogP contribution in [0.25, 0.3) is 0 Å². The Bertz CT molecular complexity index is 590. The number of para-hydroxylation sites is 1. The molecule has 4 heteroatoms. The molecule has 1 aliphatic heterocycles. The van der Waals surface area contributed by atoms with Gasteiger partial charge in [-0.25, -0.2) is 4.98 Å². The van der Waals surface area contributed by atoms with Crippen LogP contribution in [-0.2, 0) is 19.4 Å². The molecule has 0 spiro atoms.